The quantitative estimate of drug-likeness (QED) is 0.918. The summed E-state index contributed by atoms with van der Waals surface area (Å²) in [6.45, 7) is 10.1. The van der Waals surface area contributed by atoms with Gasteiger partial charge in [-0.05, 0) is 23.5 Å². The van der Waals surface area contributed by atoms with Gasteiger partial charge in [-0.1, -0.05) is 45.0 Å². The van der Waals surface area contributed by atoms with Gasteiger partial charge < -0.3 is 10.3 Å². The molecule has 0 aliphatic heterocycles. The molecule has 0 unspecified atom stereocenters. The van der Waals surface area contributed by atoms with Crippen molar-refractivity contribution in [2.45, 2.75) is 46.2 Å². The van der Waals surface area contributed by atoms with Crippen molar-refractivity contribution in [1.29, 1.82) is 0 Å². The molecule has 0 fully saturated rings. The molecule has 2 aromatic rings. The van der Waals surface area contributed by atoms with Crippen LogP contribution in [0.15, 0.2) is 30.5 Å². The number of nitrogens with zero attached hydrogens (tertiary/aromatic N) is 2. The summed E-state index contributed by atoms with van der Waals surface area (Å²) < 4.78 is 2.15. The first-order chi connectivity index (χ1) is 8.90. The lowest BCUT2D eigenvalue weighted by molar-refractivity contribution is 0.589. The molecule has 1 heterocycles. The Morgan fingerprint density at radius 1 is 1.16 bits per heavy atom. The molecule has 0 bridgehead atoms. The summed E-state index contributed by atoms with van der Waals surface area (Å²) in [7, 11) is 0. The third-order valence-electron chi connectivity index (χ3n) is 3.41. The van der Waals surface area contributed by atoms with Crippen molar-refractivity contribution in [3.05, 3.63) is 53.1 Å². The number of aromatic nitrogens is 2. The predicted molar refractivity (Wildman–Crippen MR) is 79.1 cm³/mol. The Balaban J connectivity index is 2.17. The number of imidazole rings is 1. The van der Waals surface area contributed by atoms with E-state index in [1.54, 1.807) is 0 Å². The minimum absolute atomic E-state index is 0.205. The van der Waals surface area contributed by atoms with Gasteiger partial charge in [-0.15, -0.1) is 0 Å². The van der Waals surface area contributed by atoms with Gasteiger partial charge in [0.25, 0.3) is 0 Å². The smallest absolute Gasteiger partial charge is 0.106 e. The second-order valence-electron chi connectivity index (χ2n) is 6.06. The highest BCUT2D eigenvalue weighted by Crippen LogP contribution is 2.22. The van der Waals surface area contributed by atoms with Gasteiger partial charge in [0, 0.05) is 19.3 Å². The zero-order chi connectivity index (χ0) is 14.0. The van der Waals surface area contributed by atoms with Crippen LogP contribution in [0.1, 0.15) is 43.4 Å². The van der Waals surface area contributed by atoms with Crippen molar-refractivity contribution in [3.8, 4) is 0 Å². The number of hydrogen-bond donors (Lipinski definition) is 1. The van der Waals surface area contributed by atoms with Gasteiger partial charge in [0.2, 0.25) is 0 Å². The van der Waals surface area contributed by atoms with Crippen LogP contribution in [0, 0.1) is 6.92 Å². The molecule has 0 atom stereocenters. The van der Waals surface area contributed by atoms with Crippen LogP contribution in [-0.4, -0.2) is 9.55 Å². The maximum atomic E-state index is 5.62. The third-order valence-corrected chi connectivity index (χ3v) is 3.41. The summed E-state index contributed by atoms with van der Waals surface area (Å²) in [5, 5.41) is 0. The summed E-state index contributed by atoms with van der Waals surface area (Å²) in [5.74, 6) is 1.01. The van der Waals surface area contributed by atoms with Gasteiger partial charge in [-0.25, -0.2) is 4.98 Å². The van der Waals surface area contributed by atoms with Crippen molar-refractivity contribution < 1.29 is 0 Å². The average molecular weight is 257 g/mol. The maximum absolute atomic E-state index is 5.62. The zero-order valence-corrected chi connectivity index (χ0v) is 12.3. The predicted octanol–water partition coefficient (Wildman–Crippen LogP) is 3.00. The maximum Gasteiger partial charge on any atom is 0.106 e. The Morgan fingerprint density at radius 2 is 1.79 bits per heavy atom. The van der Waals surface area contributed by atoms with Crippen molar-refractivity contribution in [2.75, 3.05) is 0 Å². The molecular formula is C16H23N3. The molecule has 102 valence electrons. The van der Waals surface area contributed by atoms with E-state index >= 15 is 0 Å². The number of aryl methyl sites for hydroxylation is 1. The van der Waals surface area contributed by atoms with Gasteiger partial charge in [0.1, 0.15) is 5.82 Å². The normalized spacial score (nSPS) is 11.8. The average Bonchev–Trinajstić information content (AvgIpc) is 2.70. The van der Waals surface area contributed by atoms with E-state index in [2.05, 4.69) is 54.6 Å². The van der Waals surface area contributed by atoms with Crippen LogP contribution in [0.4, 0.5) is 0 Å². The summed E-state index contributed by atoms with van der Waals surface area (Å²) in [4.78, 5) is 4.42. The molecule has 0 saturated carbocycles. The Morgan fingerprint density at radius 3 is 2.26 bits per heavy atom. The Hall–Kier alpha value is -1.61. The van der Waals surface area contributed by atoms with Gasteiger partial charge in [-0.2, -0.15) is 0 Å². The molecule has 0 spiro atoms. The van der Waals surface area contributed by atoms with E-state index < -0.39 is 0 Å². The van der Waals surface area contributed by atoms with Crippen LogP contribution in [0.2, 0.25) is 0 Å². The van der Waals surface area contributed by atoms with Crippen LogP contribution in [-0.2, 0) is 18.5 Å². The molecule has 1 aromatic heterocycles. The van der Waals surface area contributed by atoms with Crippen LogP contribution >= 0.6 is 0 Å². The Labute approximate surface area is 115 Å². The van der Waals surface area contributed by atoms with Gasteiger partial charge in [-0.3, -0.25) is 0 Å². The summed E-state index contributed by atoms with van der Waals surface area (Å²) in [6.07, 6.45) is 2.03. The van der Waals surface area contributed by atoms with Gasteiger partial charge >= 0.3 is 0 Å². The fourth-order valence-corrected chi connectivity index (χ4v) is 2.14. The number of rotatable bonds is 3. The molecule has 19 heavy (non-hydrogen) atoms. The van der Waals surface area contributed by atoms with Gasteiger partial charge in [0.15, 0.2) is 0 Å². The Kier molecular flexibility index (Phi) is 3.76. The number of hydrogen-bond acceptors (Lipinski definition) is 2. The second-order valence-corrected chi connectivity index (χ2v) is 6.06. The zero-order valence-electron chi connectivity index (χ0n) is 12.3. The lowest BCUT2D eigenvalue weighted by Gasteiger charge is -2.19. The minimum atomic E-state index is 0.205. The van der Waals surface area contributed by atoms with Crippen LogP contribution in [0.3, 0.4) is 0 Å². The lowest BCUT2D eigenvalue weighted by Crippen LogP contribution is -2.11. The van der Waals surface area contributed by atoms with E-state index in [0.29, 0.717) is 6.54 Å². The highest BCUT2D eigenvalue weighted by molar-refractivity contribution is 5.28. The molecule has 0 radical (unpaired) electrons. The first-order valence-corrected chi connectivity index (χ1v) is 6.72. The van der Waals surface area contributed by atoms with E-state index in [9.17, 15) is 0 Å². The van der Waals surface area contributed by atoms with E-state index in [4.69, 9.17) is 5.73 Å². The minimum Gasteiger partial charge on any atom is -0.330 e. The van der Waals surface area contributed by atoms with E-state index in [0.717, 1.165) is 18.1 Å². The van der Waals surface area contributed by atoms with E-state index in [-0.39, 0.29) is 5.41 Å². The largest absolute Gasteiger partial charge is 0.330 e. The highest BCUT2D eigenvalue weighted by atomic mass is 15.1. The highest BCUT2D eigenvalue weighted by Gasteiger charge is 2.13. The molecule has 0 aliphatic rings. The molecule has 0 saturated heterocycles. The molecular weight excluding hydrogens is 234 g/mol. The summed E-state index contributed by atoms with van der Waals surface area (Å²) in [6, 6.07) is 8.82. The second kappa shape index (κ2) is 5.17. The van der Waals surface area contributed by atoms with Crippen LogP contribution < -0.4 is 5.73 Å². The molecule has 3 nitrogen and oxygen atoms in total. The lowest BCUT2D eigenvalue weighted by atomic mass is 9.87. The fourth-order valence-electron chi connectivity index (χ4n) is 2.14. The van der Waals surface area contributed by atoms with Gasteiger partial charge in [0.05, 0.1) is 5.69 Å². The molecule has 2 rings (SSSR count). The monoisotopic (exact) mass is 257 g/mol. The standard InChI is InChI=1S/C16H23N3/c1-12-18-15(9-17)11-19(12)10-13-5-7-14(8-6-13)16(2,3)4/h5-8,11H,9-10,17H2,1-4H3. The van der Waals surface area contributed by atoms with Crippen molar-refractivity contribution >= 4 is 0 Å². The molecule has 2 N–H and O–H groups in total. The number of nitrogens with two attached hydrogens (primary N) is 1. The molecule has 0 amide bonds. The topological polar surface area (TPSA) is 43.8 Å². The first kappa shape index (κ1) is 13.8. The SMILES string of the molecule is Cc1nc(CN)cn1Cc1ccc(C(C)(C)C)cc1. The first-order valence-electron chi connectivity index (χ1n) is 6.72. The van der Waals surface area contributed by atoms with Crippen LogP contribution in [0.25, 0.3) is 0 Å². The molecule has 1 aromatic carbocycles. The molecule has 0 aliphatic carbocycles. The third kappa shape index (κ3) is 3.24. The number of benzene rings is 1. The van der Waals surface area contributed by atoms with E-state index in [1.807, 2.05) is 13.1 Å². The molecule has 3 heteroatoms. The Bertz CT molecular complexity index is 544. The fraction of sp³-hybridized carbons (Fsp3) is 0.438. The summed E-state index contributed by atoms with van der Waals surface area (Å²) in [5.41, 5.74) is 9.42. The summed E-state index contributed by atoms with van der Waals surface area (Å²) >= 11 is 0. The van der Waals surface area contributed by atoms with Crippen molar-refractivity contribution in [2.24, 2.45) is 5.73 Å². The van der Waals surface area contributed by atoms with E-state index in [1.165, 1.54) is 11.1 Å². The van der Waals surface area contributed by atoms with Crippen molar-refractivity contribution in [3.63, 3.8) is 0 Å². The van der Waals surface area contributed by atoms with Crippen molar-refractivity contribution in [1.82, 2.24) is 9.55 Å². The van der Waals surface area contributed by atoms with Crippen LogP contribution in [0.5, 0.6) is 0 Å².